The molecule has 5 nitrogen and oxygen atoms in total. The molecule has 6 heteroatoms. The van der Waals surface area contributed by atoms with Crippen LogP contribution in [0.1, 0.15) is 5.56 Å². The maximum Gasteiger partial charge on any atom is 0.165 e. The minimum Gasteiger partial charge on any atom is -0.494 e. The number of nitrogen functional groups attached to an aromatic ring is 1. The molecule has 0 amide bonds. The molecule has 0 aliphatic carbocycles. The average Bonchev–Trinajstić information content (AvgIpc) is 2.72. The summed E-state index contributed by atoms with van der Waals surface area (Å²) in [4.78, 5) is 0. The van der Waals surface area contributed by atoms with E-state index in [4.69, 9.17) is 15.2 Å². The fourth-order valence-electron chi connectivity index (χ4n) is 1.93. The third-order valence-electron chi connectivity index (χ3n) is 2.95. The normalized spacial score (nSPS) is 10.7. The van der Waals surface area contributed by atoms with E-state index in [1.165, 1.54) is 17.9 Å². The smallest absolute Gasteiger partial charge is 0.165 e. The zero-order chi connectivity index (χ0) is 14.0. The number of aromatic nitrogens is 2. The maximum absolute atomic E-state index is 13.9. The number of hydrogen-bond donors (Lipinski definition) is 1. The molecule has 102 valence electrons. The summed E-state index contributed by atoms with van der Waals surface area (Å²) in [6.45, 7) is 0.334. The Morgan fingerprint density at radius 1 is 1.32 bits per heavy atom. The minimum atomic E-state index is -0.444. The van der Waals surface area contributed by atoms with Crippen molar-refractivity contribution in [2.24, 2.45) is 7.05 Å². The van der Waals surface area contributed by atoms with Crippen LogP contribution >= 0.6 is 0 Å². The van der Waals surface area contributed by atoms with E-state index >= 15 is 0 Å². The number of anilines is 1. The lowest BCUT2D eigenvalue weighted by Gasteiger charge is -2.11. The molecule has 0 bridgehead atoms. The van der Waals surface area contributed by atoms with Crippen LogP contribution in [-0.4, -0.2) is 24.0 Å². The van der Waals surface area contributed by atoms with E-state index in [9.17, 15) is 4.39 Å². The van der Waals surface area contributed by atoms with E-state index in [0.29, 0.717) is 23.6 Å². The Labute approximate surface area is 110 Å². The molecule has 19 heavy (non-hydrogen) atoms. The zero-order valence-electron chi connectivity index (χ0n) is 11.1. The number of rotatable bonds is 4. The molecule has 0 fully saturated rings. The van der Waals surface area contributed by atoms with Crippen molar-refractivity contribution in [3.8, 4) is 16.9 Å². The lowest BCUT2D eigenvalue weighted by molar-refractivity contribution is 0.185. The number of halogens is 1. The SMILES string of the molecule is COCc1cc(OC)c(F)cc1-c1cnn(C)c1N. The van der Waals surface area contributed by atoms with Crippen molar-refractivity contribution in [2.75, 3.05) is 20.0 Å². The molecule has 0 aliphatic rings. The largest absolute Gasteiger partial charge is 0.494 e. The highest BCUT2D eigenvalue weighted by atomic mass is 19.1. The van der Waals surface area contributed by atoms with E-state index in [0.717, 1.165) is 5.56 Å². The number of nitrogens with two attached hydrogens (primary N) is 1. The number of ether oxygens (including phenoxy) is 2. The van der Waals surface area contributed by atoms with Crippen molar-refractivity contribution >= 4 is 5.82 Å². The van der Waals surface area contributed by atoms with Gasteiger partial charge in [0, 0.05) is 19.7 Å². The molecule has 2 N–H and O–H groups in total. The summed E-state index contributed by atoms with van der Waals surface area (Å²) in [5.41, 5.74) is 8.05. The number of nitrogens with zero attached hydrogens (tertiary/aromatic N) is 2. The molecule has 0 saturated carbocycles. The summed E-state index contributed by atoms with van der Waals surface area (Å²) in [5, 5.41) is 4.06. The quantitative estimate of drug-likeness (QED) is 0.918. The molecule has 0 radical (unpaired) electrons. The van der Waals surface area contributed by atoms with Gasteiger partial charge in [-0.2, -0.15) is 5.10 Å². The van der Waals surface area contributed by atoms with Gasteiger partial charge in [-0.1, -0.05) is 0 Å². The van der Waals surface area contributed by atoms with Crippen molar-refractivity contribution in [3.63, 3.8) is 0 Å². The van der Waals surface area contributed by atoms with Gasteiger partial charge in [-0.25, -0.2) is 4.39 Å². The van der Waals surface area contributed by atoms with Crippen molar-refractivity contribution in [2.45, 2.75) is 6.61 Å². The van der Waals surface area contributed by atoms with Crippen LogP contribution in [0.4, 0.5) is 10.2 Å². The van der Waals surface area contributed by atoms with Crippen LogP contribution in [0.15, 0.2) is 18.3 Å². The van der Waals surface area contributed by atoms with Gasteiger partial charge < -0.3 is 15.2 Å². The third-order valence-corrected chi connectivity index (χ3v) is 2.95. The monoisotopic (exact) mass is 265 g/mol. The van der Waals surface area contributed by atoms with Gasteiger partial charge in [-0.05, 0) is 23.3 Å². The van der Waals surface area contributed by atoms with Crippen molar-refractivity contribution in [1.82, 2.24) is 9.78 Å². The van der Waals surface area contributed by atoms with Crippen LogP contribution in [-0.2, 0) is 18.4 Å². The molecule has 0 spiro atoms. The highest BCUT2D eigenvalue weighted by Crippen LogP contribution is 2.33. The molecule has 0 atom stereocenters. The summed E-state index contributed by atoms with van der Waals surface area (Å²) in [6, 6.07) is 3.00. The molecule has 0 unspecified atom stereocenters. The van der Waals surface area contributed by atoms with E-state index in [1.54, 1.807) is 26.4 Å². The number of hydrogen-bond acceptors (Lipinski definition) is 4. The van der Waals surface area contributed by atoms with Crippen LogP contribution in [0.25, 0.3) is 11.1 Å². The topological polar surface area (TPSA) is 62.3 Å². The first-order chi connectivity index (χ1) is 9.08. The Hall–Kier alpha value is -2.08. The standard InChI is InChI=1S/C13H16FN3O2/c1-17-13(15)10(6-16-17)9-5-11(14)12(19-3)4-8(9)7-18-2/h4-6H,7,15H2,1-3H3. The summed E-state index contributed by atoms with van der Waals surface area (Å²) in [6.07, 6.45) is 1.61. The Bertz CT molecular complexity index is 596. The number of aryl methyl sites for hydroxylation is 1. The van der Waals surface area contributed by atoms with E-state index in [2.05, 4.69) is 5.10 Å². The van der Waals surface area contributed by atoms with E-state index in [1.807, 2.05) is 0 Å². The lowest BCUT2D eigenvalue weighted by atomic mass is 10.0. The van der Waals surface area contributed by atoms with Crippen LogP contribution in [0.5, 0.6) is 5.75 Å². The molecular formula is C13H16FN3O2. The Morgan fingerprint density at radius 2 is 2.05 bits per heavy atom. The maximum atomic E-state index is 13.9. The van der Waals surface area contributed by atoms with E-state index < -0.39 is 5.82 Å². The molecule has 1 aromatic carbocycles. The van der Waals surface area contributed by atoms with Crippen LogP contribution in [0, 0.1) is 5.82 Å². The van der Waals surface area contributed by atoms with Crippen molar-refractivity contribution in [3.05, 3.63) is 29.7 Å². The van der Waals surface area contributed by atoms with Crippen LogP contribution in [0.2, 0.25) is 0 Å². The second-order valence-corrected chi connectivity index (χ2v) is 4.14. The van der Waals surface area contributed by atoms with Gasteiger partial charge in [0.2, 0.25) is 0 Å². The minimum absolute atomic E-state index is 0.179. The fraction of sp³-hybridized carbons (Fsp3) is 0.308. The second-order valence-electron chi connectivity index (χ2n) is 4.14. The molecule has 2 aromatic rings. The lowest BCUT2D eigenvalue weighted by Crippen LogP contribution is -2.01. The number of benzene rings is 1. The van der Waals surface area contributed by atoms with Gasteiger partial charge in [0.05, 0.1) is 19.9 Å². The predicted molar refractivity (Wildman–Crippen MR) is 70.3 cm³/mol. The Morgan fingerprint density at radius 3 is 2.58 bits per heavy atom. The predicted octanol–water partition coefficient (Wildman–Crippen LogP) is 1.96. The molecule has 0 saturated heterocycles. The van der Waals surface area contributed by atoms with Gasteiger partial charge in [-0.3, -0.25) is 4.68 Å². The Balaban J connectivity index is 2.61. The van der Waals surface area contributed by atoms with Gasteiger partial charge in [-0.15, -0.1) is 0 Å². The van der Waals surface area contributed by atoms with Gasteiger partial charge in [0.15, 0.2) is 11.6 Å². The molecule has 1 heterocycles. The highest BCUT2D eigenvalue weighted by molar-refractivity contribution is 5.76. The summed E-state index contributed by atoms with van der Waals surface area (Å²) < 4.78 is 25.5. The first-order valence-electron chi connectivity index (χ1n) is 5.71. The van der Waals surface area contributed by atoms with Gasteiger partial charge in [0.25, 0.3) is 0 Å². The summed E-state index contributed by atoms with van der Waals surface area (Å²) >= 11 is 0. The summed E-state index contributed by atoms with van der Waals surface area (Å²) in [7, 11) is 4.73. The highest BCUT2D eigenvalue weighted by Gasteiger charge is 2.16. The van der Waals surface area contributed by atoms with E-state index in [-0.39, 0.29) is 5.75 Å². The average molecular weight is 265 g/mol. The fourth-order valence-corrected chi connectivity index (χ4v) is 1.93. The molecular weight excluding hydrogens is 249 g/mol. The van der Waals surface area contributed by atoms with Gasteiger partial charge >= 0.3 is 0 Å². The van der Waals surface area contributed by atoms with Crippen LogP contribution < -0.4 is 10.5 Å². The molecule has 2 rings (SSSR count). The van der Waals surface area contributed by atoms with Gasteiger partial charge in [0.1, 0.15) is 5.82 Å². The number of methoxy groups -OCH3 is 2. The third kappa shape index (κ3) is 2.39. The zero-order valence-corrected chi connectivity index (χ0v) is 11.1. The second kappa shape index (κ2) is 5.27. The van der Waals surface area contributed by atoms with Crippen molar-refractivity contribution in [1.29, 1.82) is 0 Å². The van der Waals surface area contributed by atoms with Crippen molar-refractivity contribution < 1.29 is 13.9 Å². The summed E-state index contributed by atoms with van der Waals surface area (Å²) in [5.74, 6) is 0.209. The van der Waals surface area contributed by atoms with Crippen LogP contribution in [0.3, 0.4) is 0 Å². The first-order valence-corrected chi connectivity index (χ1v) is 5.71. The molecule has 0 aliphatic heterocycles. The molecule has 1 aromatic heterocycles. The first kappa shape index (κ1) is 13.4. The Kier molecular flexibility index (Phi) is 3.71.